The van der Waals surface area contributed by atoms with Crippen LogP contribution in [0.25, 0.3) is 10.2 Å². The number of nitrogens with one attached hydrogen (secondary N) is 1. The molecule has 3 rings (SSSR count). The van der Waals surface area contributed by atoms with Gasteiger partial charge in [-0.1, -0.05) is 23.5 Å². The lowest BCUT2D eigenvalue weighted by Gasteiger charge is -2.31. The Labute approximate surface area is 99.1 Å². The summed E-state index contributed by atoms with van der Waals surface area (Å²) >= 11 is 1.79. The predicted molar refractivity (Wildman–Crippen MR) is 69.3 cm³/mol. The molecule has 1 N–H and O–H groups in total. The van der Waals surface area contributed by atoms with Gasteiger partial charge in [0.2, 0.25) is 0 Å². The number of thiazole rings is 1. The first-order chi connectivity index (χ1) is 7.83. The van der Waals surface area contributed by atoms with Crippen LogP contribution in [0.4, 0.5) is 5.13 Å². The van der Waals surface area contributed by atoms with Gasteiger partial charge >= 0.3 is 0 Å². The maximum Gasteiger partial charge on any atom is 0.186 e. The summed E-state index contributed by atoms with van der Waals surface area (Å²) in [5.74, 6) is 0. The zero-order valence-electron chi connectivity index (χ0n) is 9.31. The van der Waals surface area contributed by atoms with Gasteiger partial charge in [0.25, 0.3) is 0 Å². The third-order valence-corrected chi connectivity index (χ3v) is 4.02. The van der Waals surface area contributed by atoms with E-state index in [1.165, 1.54) is 4.70 Å². The zero-order chi connectivity index (χ0) is 11.0. The van der Waals surface area contributed by atoms with Crippen LogP contribution in [0.15, 0.2) is 24.3 Å². The molecule has 0 radical (unpaired) electrons. The predicted octanol–water partition coefficient (Wildman–Crippen LogP) is 2.09. The van der Waals surface area contributed by atoms with Crippen molar-refractivity contribution in [2.45, 2.75) is 13.0 Å². The molecule has 2 aromatic rings. The molecule has 84 valence electrons. The third kappa shape index (κ3) is 1.79. The van der Waals surface area contributed by atoms with Crippen LogP contribution in [0.3, 0.4) is 0 Å². The molecule has 2 heterocycles. The highest BCUT2D eigenvalue weighted by Crippen LogP contribution is 2.28. The topological polar surface area (TPSA) is 28.2 Å². The maximum atomic E-state index is 4.69. The zero-order valence-corrected chi connectivity index (χ0v) is 10.1. The molecule has 1 saturated heterocycles. The quantitative estimate of drug-likeness (QED) is 0.817. The van der Waals surface area contributed by atoms with Crippen molar-refractivity contribution in [1.29, 1.82) is 0 Å². The number of para-hydroxylation sites is 1. The second kappa shape index (κ2) is 4.03. The van der Waals surface area contributed by atoms with E-state index in [0.717, 1.165) is 30.3 Å². The first-order valence-corrected chi connectivity index (χ1v) is 6.48. The van der Waals surface area contributed by atoms with Crippen LogP contribution in [0.2, 0.25) is 0 Å². The number of aromatic nitrogens is 1. The lowest BCUT2D eigenvalue weighted by atomic mass is 10.2. The van der Waals surface area contributed by atoms with E-state index in [9.17, 15) is 0 Å². The number of hydrogen-bond donors (Lipinski definition) is 1. The van der Waals surface area contributed by atoms with E-state index in [-0.39, 0.29) is 0 Å². The summed E-state index contributed by atoms with van der Waals surface area (Å²) in [6.45, 7) is 5.39. The second-order valence-corrected chi connectivity index (χ2v) is 5.27. The average Bonchev–Trinajstić information content (AvgIpc) is 2.72. The first-order valence-electron chi connectivity index (χ1n) is 5.67. The van der Waals surface area contributed by atoms with Crippen LogP contribution in [0.5, 0.6) is 0 Å². The smallest absolute Gasteiger partial charge is 0.186 e. The van der Waals surface area contributed by atoms with Crippen molar-refractivity contribution in [2.24, 2.45) is 0 Å². The minimum absolute atomic E-state index is 0.556. The van der Waals surface area contributed by atoms with Crippen molar-refractivity contribution in [2.75, 3.05) is 24.5 Å². The minimum atomic E-state index is 0.556. The summed E-state index contributed by atoms with van der Waals surface area (Å²) < 4.78 is 1.28. The molecule has 1 fully saturated rings. The van der Waals surface area contributed by atoms with Gasteiger partial charge in [-0.2, -0.15) is 0 Å². The van der Waals surface area contributed by atoms with E-state index < -0.39 is 0 Å². The van der Waals surface area contributed by atoms with Crippen LogP contribution in [-0.4, -0.2) is 30.7 Å². The number of fused-ring (bicyclic) bond motifs is 1. The van der Waals surface area contributed by atoms with E-state index in [1.54, 1.807) is 11.3 Å². The van der Waals surface area contributed by atoms with Gasteiger partial charge in [0, 0.05) is 25.7 Å². The highest BCUT2D eigenvalue weighted by molar-refractivity contribution is 7.22. The molecule has 0 spiro atoms. The highest BCUT2D eigenvalue weighted by atomic mass is 32.1. The molecule has 3 nitrogen and oxygen atoms in total. The normalized spacial score (nSPS) is 21.6. The van der Waals surface area contributed by atoms with Crippen LogP contribution in [0, 0.1) is 0 Å². The standard InChI is InChI=1S/C12H15N3S/c1-9-8-15(7-6-13-9)12-14-10-4-2-3-5-11(10)16-12/h2-5,9,13H,6-8H2,1H3/t9-/m1/s1. The van der Waals surface area contributed by atoms with Crippen molar-refractivity contribution >= 4 is 26.7 Å². The molecular weight excluding hydrogens is 218 g/mol. The average molecular weight is 233 g/mol. The number of anilines is 1. The first kappa shape index (κ1) is 10.1. The molecule has 1 aromatic carbocycles. The molecule has 1 aromatic heterocycles. The van der Waals surface area contributed by atoms with Crippen molar-refractivity contribution < 1.29 is 0 Å². The molecule has 1 atom stereocenters. The summed E-state index contributed by atoms with van der Waals surface area (Å²) in [4.78, 5) is 7.07. The summed E-state index contributed by atoms with van der Waals surface area (Å²) in [6, 6.07) is 8.90. The number of benzene rings is 1. The molecule has 0 aliphatic carbocycles. The monoisotopic (exact) mass is 233 g/mol. The fourth-order valence-corrected chi connectivity index (χ4v) is 3.10. The fraction of sp³-hybridized carbons (Fsp3) is 0.417. The van der Waals surface area contributed by atoms with Crippen LogP contribution in [-0.2, 0) is 0 Å². The maximum absolute atomic E-state index is 4.69. The number of piperazine rings is 1. The van der Waals surface area contributed by atoms with E-state index in [1.807, 2.05) is 6.07 Å². The number of rotatable bonds is 1. The number of hydrogen-bond acceptors (Lipinski definition) is 4. The van der Waals surface area contributed by atoms with Crippen LogP contribution < -0.4 is 10.2 Å². The highest BCUT2D eigenvalue weighted by Gasteiger charge is 2.18. The molecule has 16 heavy (non-hydrogen) atoms. The second-order valence-electron chi connectivity index (χ2n) is 4.27. The Balaban J connectivity index is 1.93. The Morgan fingerprint density at radius 1 is 1.44 bits per heavy atom. The molecule has 1 aliphatic heterocycles. The lowest BCUT2D eigenvalue weighted by molar-refractivity contribution is 0.484. The Morgan fingerprint density at radius 3 is 3.12 bits per heavy atom. The van der Waals surface area contributed by atoms with Gasteiger partial charge < -0.3 is 10.2 Å². The van der Waals surface area contributed by atoms with E-state index in [2.05, 4.69) is 40.3 Å². The van der Waals surface area contributed by atoms with Gasteiger partial charge in [-0.25, -0.2) is 4.98 Å². The summed E-state index contributed by atoms with van der Waals surface area (Å²) in [6.07, 6.45) is 0. The Kier molecular flexibility index (Phi) is 2.53. The molecular formula is C12H15N3S. The Hall–Kier alpha value is -1.13. The van der Waals surface area contributed by atoms with Gasteiger partial charge in [-0.05, 0) is 19.1 Å². The molecule has 0 saturated carbocycles. The van der Waals surface area contributed by atoms with Gasteiger partial charge in [-0.15, -0.1) is 0 Å². The third-order valence-electron chi connectivity index (χ3n) is 2.92. The van der Waals surface area contributed by atoms with E-state index in [0.29, 0.717) is 6.04 Å². The van der Waals surface area contributed by atoms with Crippen molar-refractivity contribution in [3.8, 4) is 0 Å². The van der Waals surface area contributed by atoms with E-state index in [4.69, 9.17) is 0 Å². The Bertz CT molecular complexity index is 461. The molecule has 0 amide bonds. The summed E-state index contributed by atoms with van der Waals surface area (Å²) in [5.41, 5.74) is 1.12. The van der Waals surface area contributed by atoms with Gasteiger partial charge in [0.1, 0.15) is 0 Å². The van der Waals surface area contributed by atoms with Crippen molar-refractivity contribution in [3.63, 3.8) is 0 Å². The Morgan fingerprint density at radius 2 is 2.31 bits per heavy atom. The molecule has 1 aliphatic rings. The SMILES string of the molecule is C[C@@H]1CN(c2nc3ccccc3s2)CCN1. The molecule has 0 bridgehead atoms. The van der Waals surface area contributed by atoms with Crippen LogP contribution in [0.1, 0.15) is 6.92 Å². The van der Waals surface area contributed by atoms with Gasteiger partial charge in [0.15, 0.2) is 5.13 Å². The fourth-order valence-electron chi connectivity index (χ4n) is 2.10. The summed E-state index contributed by atoms with van der Waals surface area (Å²) in [5, 5.41) is 4.61. The van der Waals surface area contributed by atoms with Crippen molar-refractivity contribution in [3.05, 3.63) is 24.3 Å². The van der Waals surface area contributed by atoms with E-state index >= 15 is 0 Å². The summed E-state index contributed by atoms with van der Waals surface area (Å²) in [7, 11) is 0. The number of nitrogens with zero attached hydrogens (tertiary/aromatic N) is 2. The van der Waals surface area contributed by atoms with Crippen LogP contribution >= 0.6 is 11.3 Å². The lowest BCUT2D eigenvalue weighted by Crippen LogP contribution is -2.49. The van der Waals surface area contributed by atoms with Gasteiger partial charge in [-0.3, -0.25) is 0 Å². The van der Waals surface area contributed by atoms with Crippen molar-refractivity contribution in [1.82, 2.24) is 10.3 Å². The molecule has 0 unspecified atom stereocenters. The largest absolute Gasteiger partial charge is 0.345 e. The molecule has 4 heteroatoms. The minimum Gasteiger partial charge on any atom is -0.345 e. The van der Waals surface area contributed by atoms with Gasteiger partial charge in [0.05, 0.1) is 10.2 Å².